The van der Waals surface area contributed by atoms with Gasteiger partial charge in [-0.25, -0.2) is 0 Å². The van der Waals surface area contributed by atoms with E-state index in [9.17, 15) is 0 Å². The summed E-state index contributed by atoms with van der Waals surface area (Å²) in [6, 6.07) is 17.2. The minimum atomic E-state index is 0.329. The van der Waals surface area contributed by atoms with Gasteiger partial charge in [0.1, 0.15) is 0 Å². The molecule has 1 aliphatic rings. The van der Waals surface area contributed by atoms with E-state index in [-0.39, 0.29) is 0 Å². The predicted octanol–water partition coefficient (Wildman–Crippen LogP) is 3.40. The molecule has 4 nitrogen and oxygen atoms in total. The summed E-state index contributed by atoms with van der Waals surface area (Å²) in [4.78, 5) is 2.50. The van der Waals surface area contributed by atoms with Crippen molar-refractivity contribution in [2.75, 3.05) is 19.7 Å². The highest BCUT2D eigenvalue weighted by Gasteiger charge is 2.20. The first-order valence-electron chi connectivity index (χ1n) is 8.67. The Morgan fingerprint density at radius 3 is 2.96 bits per heavy atom. The summed E-state index contributed by atoms with van der Waals surface area (Å²) in [5, 5.41) is 8.32. The second-order valence-corrected chi connectivity index (χ2v) is 6.54. The van der Waals surface area contributed by atoms with Crippen molar-refractivity contribution in [1.82, 2.24) is 15.1 Å². The lowest BCUT2D eigenvalue weighted by Crippen LogP contribution is -2.42. The Balaban J connectivity index is 1.34. The van der Waals surface area contributed by atoms with Crippen molar-refractivity contribution >= 4 is 10.9 Å². The van der Waals surface area contributed by atoms with Crippen LogP contribution in [-0.4, -0.2) is 40.9 Å². The van der Waals surface area contributed by atoms with Crippen LogP contribution in [0.1, 0.15) is 17.5 Å². The van der Waals surface area contributed by atoms with Crippen LogP contribution in [0.2, 0.25) is 0 Å². The van der Waals surface area contributed by atoms with Crippen LogP contribution in [0.4, 0.5) is 0 Å². The summed E-state index contributed by atoms with van der Waals surface area (Å²) in [7, 11) is 0. The summed E-state index contributed by atoms with van der Waals surface area (Å²) in [6.07, 6.45) is 4.36. The molecule has 0 bridgehead atoms. The molecule has 1 aliphatic heterocycles. The molecule has 1 fully saturated rings. The lowest BCUT2D eigenvalue weighted by Gasteiger charge is -2.33. The average Bonchev–Trinajstić information content (AvgIpc) is 3.09. The number of fused-ring (bicyclic) bond motifs is 1. The van der Waals surface area contributed by atoms with Gasteiger partial charge in [0.05, 0.1) is 24.4 Å². The van der Waals surface area contributed by atoms with Gasteiger partial charge in [-0.1, -0.05) is 42.5 Å². The molecule has 0 spiro atoms. The van der Waals surface area contributed by atoms with Crippen LogP contribution in [0.15, 0.2) is 54.7 Å². The molecule has 1 unspecified atom stereocenters. The highest BCUT2D eigenvalue weighted by molar-refractivity contribution is 5.78. The molecule has 1 saturated heterocycles. The largest absolute Gasteiger partial charge is 0.376 e. The molecule has 4 heteroatoms. The van der Waals surface area contributed by atoms with Crippen LogP contribution in [-0.2, 0) is 17.7 Å². The van der Waals surface area contributed by atoms with Gasteiger partial charge in [0.2, 0.25) is 0 Å². The third-order valence-electron chi connectivity index (χ3n) is 4.73. The molecule has 1 aromatic heterocycles. The molecule has 2 aromatic carbocycles. The number of nitrogens with one attached hydrogen (secondary N) is 1. The van der Waals surface area contributed by atoms with E-state index in [0.29, 0.717) is 6.10 Å². The number of aryl methyl sites for hydroxylation is 1. The van der Waals surface area contributed by atoms with Gasteiger partial charge in [-0.2, -0.15) is 5.10 Å². The topological polar surface area (TPSA) is 41.2 Å². The fraction of sp³-hybridized carbons (Fsp3) is 0.350. The first-order valence-corrected chi connectivity index (χ1v) is 8.67. The molecule has 1 atom stereocenters. The van der Waals surface area contributed by atoms with Crippen LogP contribution < -0.4 is 0 Å². The number of hydrogen-bond donors (Lipinski definition) is 1. The first-order chi connectivity index (χ1) is 11.9. The van der Waals surface area contributed by atoms with Crippen molar-refractivity contribution in [3.05, 3.63) is 65.9 Å². The smallest absolute Gasteiger partial charge is 0.0705 e. The number of benzene rings is 2. The molecule has 0 radical (unpaired) electrons. The molecule has 0 saturated carbocycles. The second kappa shape index (κ2) is 7.16. The number of morpholine rings is 1. The number of aromatic nitrogens is 2. The molecule has 124 valence electrons. The van der Waals surface area contributed by atoms with Crippen molar-refractivity contribution in [3.63, 3.8) is 0 Å². The molecule has 2 heterocycles. The summed E-state index contributed by atoms with van der Waals surface area (Å²) in [5.74, 6) is 0. The van der Waals surface area contributed by atoms with Gasteiger partial charge in [-0.3, -0.25) is 10.00 Å². The summed E-state index contributed by atoms with van der Waals surface area (Å²) < 4.78 is 5.97. The number of nitrogens with zero attached hydrogens (tertiary/aromatic N) is 2. The van der Waals surface area contributed by atoms with Crippen molar-refractivity contribution in [2.45, 2.75) is 25.5 Å². The van der Waals surface area contributed by atoms with Crippen molar-refractivity contribution < 1.29 is 4.74 Å². The Kier molecular flexibility index (Phi) is 4.58. The highest BCUT2D eigenvalue weighted by atomic mass is 16.5. The van der Waals surface area contributed by atoms with Gasteiger partial charge in [0, 0.05) is 25.0 Å². The van der Waals surface area contributed by atoms with E-state index < -0.39 is 0 Å². The molecular weight excluding hydrogens is 298 g/mol. The molecule has 3 aromatic rings. The van der Waals surface area contributed by atoms with Crippen molar-refractivity contribution in [2.24, 2.45) is 0 Å². The number of aromatic amines is 1. The van der Waals surface area contributed by atoms with Gasteiger partial charge in [-0.05, 0) is 30.0 Å². The molecule has 4 rings (SSSR count). The number of H-pyrrole nitrogens is 1. The normalized spacial score (nSPS) is 18.9. The number of ether oxygens (including phenoxy) is 1. The van der Waals surface area contributed by atoms with E-state index in [1.54, 1.807) is 0 Å². The third kappa shape index (κ3) is 3.66. The van der Waals surface area contributed by atoms with Gasteiger partial charge in [0.15, 0.2) is 0 Å². The fourth-order valence-corrected chi connectivity index (χ4v) is 3.41. The summed E-state index contributed by atoms with van der Waals surface area (Å²) >= 11 is 0. The summed E-state index contributed by atoms with van der Waals surface area (Å²) in [5.41, 5.74) is 3.83. The minimum absolute atomic E-state index is 0.329. The molecule has 24 heavy (non-hydrogen) atoms. The van der Waals surface area contributed by atoms with E-state index in [1.807, 2.05) is 6.20 Å². The van der Waals surface area contributed by atoms with Crippen LogP contribution >= 0.6 is 0 Å². The maximum absolute atomic E-state index is 5.97. The van der Waals surface area contributed by atoms with E-state index in [1.165, 1.54) is 16.5 Å². The van der Waals surface area contributed by atoms with E-state index in [0.717, 1.165) is 44.6 Å². The Labute approximate surface area is 142 Å². The fourth-order valence-electron chi connectivity index (χ4n) is 3.41. The second-order valence-electron chi connectivity index (χ2n) is 6.54. The highest BCUT2D eigenvalue weighted by Crippen LogP contribution is 2.17. The van der Waals surface area contributed by atoms with E-state index in [2.05, 4.69) is 63.6 Å². The maximum Gasteiger partial charge on any atom is 0.0705 e. The zero-order valence-electron chi connectivity index (χ0n) is 13.8. The Bertz CT molecular complexity index is 784. The predicted molar refractivity (Wildman–Crippen MR) is 95.9 cm³/mol. The first kappa shape index (κ1) is 15.4. The Morgan fingerprint density at radius 2 is 2.04 bits per heavy atom. The third-order valence-corrected chi connectivity index (χ3v) is 4.73. The summed E-state index contributed by atoms with van der Waals surface area (Å²) in [6.45, 7) is 3.81. The van der Waals surface area contributed by atoms with E-state index >= 15 is 0 Å². The van der Waals surface area contributed by atoms with Crippen molar-refractivity contribution in [3.8, 4) is 0 Å². The molecule has 0 amide bonds. The van der Waals surface area contributed by atoms with Gasteiger partial charge >= 0.3 is 0 Å². The Hall–Kier alpha value is -2.17. The lowest BCUT2D eigenvalue weighted by atomic mass is 10.1. The molecule has 1 N–H and O–H groups in total. The van der Waals surface area contributed by atoms with Gasteiger partial charge in [0.25, 0.3) is 0 Å². The maximum atomic E-state index is 5.97. The van der Waals surface area contributed by atoms with Crippen LogP contribution in [0.25, 0.3) is 10.9 Å². The SMILES string of the molecule is c1ccc(CCC2CN(Cc3ccc4cn[nH]c4c3)CCO2)cc1. The lowest BCUT2D eigenvalue weighted by molar-refractivity contribution is -0.0345. The monoisotopic (exact) mass is 321 g/mol. The van der Waals surface area contributed by atoms with Crippen LogP contribution in [0, 0.1) is 0 Å². The number of hydrogen-bond acceptors (Lipinski definition) is 3. The van der Waals surface area contributed by atoms with Crippen LogP contribution in [0.5, 0.6) is 0 Å². The number of rotatable bonds is 5. The van der Waals surface area contributed by atoms with Gasteiger partial charge in [-0.15, -0.1) is 0 Å². The molecule has 0 aliphatic carbocycles. The quantitative estimate of drug-likeness (QED) is 0.783. The van der Waals surface area contributed by atoms with Crippen molar-refractivity contribution in [1.29, 1.82) is 0 Å². The standard InChI is InChI=1S/C20H23N3O/c1-2-4-16(5-3-1)7-9-19-15-23(10-11-24-19)14-17-6-8-18-13-21-22-20(18)12-17/h1-6,8,12-13,19H,7,9-11,14-15H2,(H,21,22). The zero-order chi connectivity index (χ0) is 16.2. The minimum Gasteiger partial charge on any atom is -0.376 e. The van der Waals surface area contributed by atoms with E-state index in [4.69, 9.17) is 4.74 Å². The zero-order valence-corrected chi connectivity index (χ0v) is 13.8. The Morgan fingerprint density at radius 1 is 1.12 bits per heavy atom. The molecular formula is C20H23N3O. The average molecular weight is 321 g/mol. The van der Waals surface area contributed by atoms with Crippen LogP contribution in [0.3, 0.4) is 0 Å². The van der Waals surface area contributed by atoms with Gasteiger partial charge < -0.3 is 4.74 Å².